The van der Waals surface area contributed by atoms with Crippen LogP contribution in [0.25, 0.3) is 0 Å². The summed E-state index contributed by atoms with van der Waals surface area (Å²) < 4.78 is 39.3. The van der Waals surface area contributed by atoms with Crippen molar-refractivity contribution in [3.8, 4) is 0 Å². The summed E-state index contributed by atoms with van der Waals surface area (Å²) in [5.74, 6) is -0.0332. The molecule has 0 saturated heterocycles. The van der Waals surface area contributed by atoms with Gasteiger partial charge in [0.2, 0.25) is 0 Å². The van der Waals surface area contributed by atoms with Crippen LogP contribution in [0.4, 0.5) is 13.2 Å². The van der Waals surface area contributed by atoms with E-state index in [1.54, 1.807) is 6.07 Å². The van der Waals surface area contributed by atoms with Gasteiger partial charge in [-0.1, -0.05) is 41.9 Å². The van der Waals surface area contributed by atoms with Crippen LogP contribution in [0.1, 0.15) is 47.1 Å². The van der Waals surface area contributed by atoms with Crippen molar-refractivity contribution in [2.75, 3.05) is 7.05 Å². The Labute approximate surface area is 150 Å². The second kappa shape index (κ2) is 7.34. The van der Waals surface area contributed by atoms with Crippen molar-refractivity contribution in [3.63, 3.8) is 0 Å². The van der Waals surface area contributed by atoms with Crippen LogP contribution in [-0.4, -0.2) is 7.05 Å². The van der Waals surface area contributed by atoms with Gasteiger partial charge in [0, 0.05) is 12.0 Å². The van der Waals surface area contributed by atoms with Crippen LogP contribution in [0.2, 0.25) is 5.02 Å². The fraction of sp³-hybridized carbons (Fsp3) is 0.333. The third-order valence-corrected chi connectivity index (χ3v) is 4.87. The summed E-state index contributed by atoms with van der Waals surface area (Å²) in [5, 5.41) is 3.02. The number of rotatable bonds is 2. The summed E-state index contributed by atoms with van der Waals surface area (Å²) in [6, 6.07) is 12.5. The maximum atomic E-state index is 13.1. The number of hydrogen-bond donors (Lipinski definition) is 1. The number of fused-ring (bicyclic) bond motifs is 1. The molecule has 6 heteroatoms. The van der Waals surface area contributed by atoms with Gasteiger partial charge in [0.05, 0.1) is 10.6 Å². The highest BCUT2D eigenvalue weighted by molar-refractivity contribution is 6.31. The average molecular weight is 376 g/mol. The Hall–Kier alpha value is -1.23. The first kappa shape index (κ1) is 19.1. The zero-order valence-corrected chi connectivity index (χ0v) is 14.6. The lowest BCUT2D eigenvalue weighted by Gasteiger charge is -2.32. The predicted octanol–water partition coefficient (Wildman–Crippen LogP) is 5.97. The van der Waals surface area contributed by atoms with E-state index in [0.29, 0.717) is 5.56 Å². The molecule has 3 rings (SSSR count). The lowest BCUT2D eigenvalue weighted by atomic mass is 9.76. The highest BCUT2D eigenvalue weighted by Gasteiger charge is 2.35. The van der Waals surface area contributed by atoms with E-state index < -0.39 is 11.7 Å². The van der Waals surface area contributed by atoms with Crippen LogP contribution in [0.3, 0.4) is 0 Å². The van der Waals surface area contributed by atoms with Crippen molar-refractivity contribution in [1.29, 1.82) is 0 Å². The lowest BCUT2D eigenvalue weighted by Crippen LogP contribution is -2.24. The minimum absolute atomic E-state index is 0. The third-order valence-electron chi connectivity index (χ3n) is 4.54. The molecule has 0 spiro atoms. The van der Waals surface area contributed by atoms with Crippen molar-refractivity contribution >= 4 is 24.0 Å². The normalized spacial score (nSPS) is 20.2. The van der Waals surface area contributed by atoms with E-state index in [1.165, 1.54) is 12.1 Å². The summed E-state index contributed by atoms with van der Waals surface area (Å²) in [4.78, 5) is 0. The summed E-state index contributed by atoms with van der Waals surface area (Å²) >= 11 is 5.74. The van der Waals surface area contributed by atoms with E-state index in [2.05, 4.69) is 5.32 Å². The van der Waals surface area contributed by atoms with Crippen LogP contribution in [0.15, 0.2) is 42.5 Å². The van der Waals surface area contributed by atoms with Crippen LogP contribution in [0.5, 0.6) is 0 Å². The van der Waals surface area contributed by atoms with Crippen molar-refractivity contribution in [2.45, 2.75) is 31.0 Å². The number of nitrogens with one attached hydrogen (secondary N) is 1. The lowest BCUT2D eigenvalue weighted by molar-refractivity contribution is -0.137. The molecule has 1 aliphatic rings. The molecule has 2 aromatic rings. The van der Waals surface area contributed by atoms with E-state index in [-0.39, 0.29) is 29.4 Å². The largest absolute Gasteiger partial charge is 0.417 e. The molecule has 0 amide bonds. The van der Waals surface area contributed by atoms with E-state index in [9.17, 15) is 13.2 Å². The number of hydrogen-bond acceptors (Lipinski definition) is 1. The van der Waals surface area contributed by atoms with Gasteiger partial charge in [-0.3, -0.25) is 0 Å². The highest BCUT2D eigenvalue weighted by Crippen LogP contribution is 2.43. The molecule has 2 aromatic carbocycles. The third kappa shape index (κ3) is 3.56. The number of alkyl halides is 3. The number of benzene rings is 2. The van der Waals surface area contributed by atoms with Gasteiger partial charge in [0.15, 0.2) is 0 Å². The zero-order chi connectivity index (χ0) is 16.6. The summed E-state index contributed by atoms with van der Waals surface area (Å²) in [6.45, 7) is 0. The Morgan fingerprint density at radius 2 is 1.71 bits per heavy atom. The molecule has 0 unspecified atom stereocenters. The first-order valence-electron chi connectivity index (χ1n) is 7.54. The van der Waals surface area contributed by atoms with E-state index in [0.717, 1.165) is 24.0 Å². The number of halogens is 5. The quantitative estimate of drug-likeness (QED) is 0.681. The Kier molecular flexibility index (Phi) is 5.84. The van der Waals surface area contributed by atoms with Crippen LogP contribution >= 0.6 is 24.0 Å². The molecule has 0 heterocycles. The van der Waals surface area contributed by atoms with Crippen LogP contribution < -0.4 is 5.32 Å². The molecule has 0 aliphatic heterocycles. The molecule has 0 saturated carbocycles. The molecule has 130 valence electrons. The van der Waals surface area contributed by atoms with Crippen LogP contribution in [0, 0.1) is 0 Å². The molecule has 0 bridgehead atoms. The van der Waals surface area contributed by atoms with E-state index >= 15 is 0 Å². The van der Waals surface area contributed by atoms with Gasteiger partial charge >= 0.3 is 6.18 Å². The Balaban J connectivity index is 0.00000208. The molecule has 1 nitrogen and oxygen atoms in total. The first-order chi connectivity index (χ1) is 10.9. The second-order valence-corrected chi connectivity index (χ2v) is 6.24. The molecule has 0 fully saturated rings. The minimum atomic E-state index is -4.44. The molecule has 0 aromatic heterocycles. The van der Waals surface area contributed by atoms with Gasteiger partial charge in [0.25, 0.3) is 0 Å². The molecule has 0 radical (unpaired) electrons. The van der Waals surface area contributed by atoms with E-state index in [4.69, 9.17) is 11.6 Å². The van der Waals surface area contributed by atoms with E-state index in [1.807, 2.05) is 31.3 Å². The van der Waals surface area contributed by atoms with Gasteiger partial charge in [0.1, 0.15) is 0 Å². The zero-order valence-electron chi connectivity index (χ0n) is 13.0. The molecule has 24 heavy (non-hydrogen) atoms. The Morgan fingerprint density at radius 1 is 1.04 bits per heavy atom. The van der Waals surface area contributed by atoms with Gasteiger partial charge in [-0.15, -0.1) is 12.4 Å². The fourth-order valence-corrected chi connectivity index (χ4v) is 3.64. The Morgan fingerprint density at radius 3 is 2.33 bits per heavy atom. The summed E-state index contributed by atoms with van der Waals surface area (Å²) in [7, 11) is 1.91. The first-order valence-corrected chi connectivity index (χ1v) is 7.92. The fourth-order valence-electron chi connectivity index (χ4n) is 3.41. The molecule has 1 aliphatic carbocycles. The van der Waals surface area contributed by atoms with Gasteiger partial charge in [-0.2, -0.15) is 13.2 Å². The second-order valence-electron chi connectivity index (χ2n) is 5.84. The van der Waals surface area contributed by atoms with Crippen molar-refractivity contribution in [1.82, 2.24) is 5.32 Å². The molecule has 2 atom stereocenters. The van der Waals surface area contributed by atoms with Crippen molar-refractivity contribution < 1.29 is 13.2 Å². The highest BCUT2D eigenvalue weighted by atomic mass is 35.5. The monoisotopic (exact) mass is 375 g/mol. The van der Waals surface area contributed by atoms with Crippen molar-refractivity contribution in [2.24, 2.45) is 0 Å². The minimum Gasteiger partial charge on any atom is -0.313 e. The smallest absolute Gasteiger partial charge is 0.313 e. The topological polar surface area (TPSA) is 12.0 Å². The van der Waals surface area contributed by atoms with Crippen LogP contribution in [-0.2, 0) is 6.18 Å². The summed E-state index contributed by atoms with van der Waals surface area (Å²) in [5.41, 5.74) is 2.16. The van der Waals surface area contributed by atoms with Gasteiger partial charge in [-0.25, -0.2) is 0 Å². The standard InChI is InChI=1S/C18H17ClF3N.ClH/c1-23-17-9-7-12(13-4-2-3-5-14(13)17)11-6-8-16(19)15(10-11)18(20,21)22;/h2-6,8,10,12,17,23H,7,9H2,1H3;1H/t12-,17+;/m0./s1. The van der Waals surface area contributed by atoms with Crippen molar-refractivity contribution in [3.05, 3.63) is 69.7 Å². The maximum Gasteiger partial charge on any atom is 0.417 e. The van der Waals surface area contributed by atoms with Gasteiger partial charge in [-0.05, 0) is 48.7 Å². The molecular weight excluding hydrogens is 358 g/mol. The summed E-state index contributed by atoms with van der Waals surface area (Å²) in [6.07, 6.45) is -2.74. The molecular formula is C18H18Cl2F3N. The van der Waals surface area contributed by atoms with Gasteiger partial charge < -0.3 is 5.32 Å². The SMILES string of the molecule is CN[C@@H]1CC[C@@H](c2ccc(Cl)c(C(F)(F)F)c2)c2ccccc21.Cl. The Bertz CT molecular complexity index is 716. The predicted molar refractivity (Wildman–Crippen MR) is 93.0 cm³/mol. The maximum absolute atomic E-state index is 13.1. The molecule has 1 N–H and O–H groups in total. The average Bonchev–Trinajstić information content (AvgIpc) is 2.53.